The van der Waals surface area contributed by atoms with Crippen LogP contribution in [0.5, 0.6) is 0 Å². The molecular weight excluding hydrogens is 320 g/mol. The number of urea groups is 1. The maximum atomic E-state index is 12.0. The number of nitrogens with zero attached hydrogens (tertiary/aromatic N) is 4. The largest absolute Gasteiger partial charge is 0.379 e. The van der Waals surface area contributed by atoms with Gasteiger partial charge in [0, 0.05) is 50.3 Å². The van der Waals surface area contributed by atoms with Crippen molar-refractivity contribution in [3.8, 4) is 0 Å². The van der Waals surface area contributed by atoms with Gasteiger partial charge >= 0.3 is 6.03 Å². The molecule has 0 saturated carbocycles. The van der Waals surface area contributed by atoms with Gasteiger partial charge in [0.15, 0.2) is 5.82 Å². The first-order chi connectivity index (χ1) is 12.2. The van der Waals surface area contributed by atoms with E-state index in [1.165, 1.54) is 0 Å². The summed E-state index contributed by atoms with van der Waals surface area (Å²) in [7, 11) is 0. The predicted octanol–water partition coefficient (Wildman–Crippen LogP) is 1.24. The Morgan fingerprint density at radius 2 is 2.12 bits per heavy atom. The second-order valence-electron chi connectivity index (χ2n) is 5.97. The molecule has 2 aromatic heterocycles. The lowest BCUT2D eigenvalue weighted by molar-refractivity contribution is 0.0360. The minimum Gasteiger partial charge on any atom is -0.379 e. The average molecular weight is 344 g/mol. The zero-order valence-corrected chi connectivity index (χ0v) is 14.4. The number of ether oxygens (including phenoxy) is 1. The molecule has 3 heterocycles. The highest BCUT2D eigenvalue weighted by Gasteiger charge is 2.10. The lowest BCUT2D eigenvalue weighted by atomic mass is 10.2. The van der Waals surface area contributed by atoms with Crippen molar-refractivity contribution in [2.24, 2.45) is 0 Å². The molecule has 1 aliphatic heterocycles. The summed E-state index contributed by atoms with van der Waals surface area (Å²) in [6.45, 7) is 7.58. The van der Waals surface area contributed by atoms with Crippen molar-refractivity contribution in [1.29, 1.82) is 0 Å². The van der Waals surface area contributed by atoms with Gasteiger partial charge in [-0.25, -0.2) is 4.79 Å². The fraction of sp³-hybridized carbons (Fsp3) is 0.471. The van der Waals surface area contributed by atoms with Crippen LogP contribution < -0.4 is 10.6 Å². The van der Waals surface area contributed by atoms with E-state index in [0.717, 1.165) is 50.7 Å². The standard InChI is InChI=1S/C17H24N6O2/c1-14-15(3-2-5-18-14)13-19-17(24)20-16-4-6-23(21-16)8-7-22-9-11-25-12-10-22/h2-6H,7-13H2,1H3,(H2,19,20,21,24). The van der Waals surface area contributed by atoms with Gasteiger partial charge in [0.05, 0.1) is 19.8 Å². The molecule has 2 N–H and O–H groups in total. The Bertz CT molecular complexity index is 696. The number of anilines is 1. The number of hydrogen-bond acceptors (Lipinski definition) is 5. The quantitative estimate of drug-likeness (QED) is 0.824. The number of carbonyl (C=O) groups is 1. The molecule has 1 saturated heterocycles. The SMILES string of the molecule is Cc1ncccc1CNC(=O)Nc1ccn(CCN2CCOCC2)n1. The topological polar surface area (TPSA) is 84.3 Å². The number of hydrogen-bond donors (Lipinski definition) is 2. The van der Waals surface area contributed by atoms with Crippen LogP contribution in [0.25, 0.3) is 0 Å². The molecule has 0 unspecified atom stereocenters. The maximum Gasteiger partial charge on any atom is 0.320 e. The monoisotopic (exact) mass is 344 g/mol. The van der Waals surface area contributed by atoms with E-state index in [9.17, 15) is 4.79 Å². The molecule has 0 aromatic carbocycles. The van der Waals surface area contributed by atoms with E-state index >= 15 is 0 Å². The molecule has 0 bridgehead atoms. The fourth-order valence-electron chi connectivity index (χ4n) is 2.66. The van der Waals surface area contributed by atoms with Gasteiger partial charge in [-0.3, -0.25) is 19.9 Å². The van der Waals surface area contributed by atoms with Crippen LogP contribution in [0.1, 0.15) is 11.3 Å². The fourth-order valence-corrected chi connectivity index (χ4v) is 2.66. The van der Waals surface area contributed by atoms with Crippen LogP contribution in [0.2, 0.25) is 0 Å². The molecule has 2 aromatic rings. The molecule has 8 nitrogen and oxygen atoms in total. The minimum absolute atomic E-state index is 0.276. The van der Waals surface area contributed by atoms with Crippen LogP contribution in [0, 0.1) is 6.92 Å². The molecule has 0 atom stereocenters. The van der Waals surface area contributed by atoms with Crippen LogP contribution in [-0.2, 0) is 17.8 Å². The number of morpholine rings is 1. The van der Waals surface area contributed by atoms with E-state index in [1.54, 1.807) is 12.3 Å². The number of pyridine rings is 1. The summed E-state index contributed by atoms with van der Waals surface area (Å²) >= 11 is 0. The summed E-state index contributed by atoms with van der Waals surface area (Å²) in [5, 5.41) is 9.96. The van der Waals surface area contributed by atoms with Gasteiger partial charge in [0.1, 0.15) is 0 Å². The molecule has 0 radical (unpaired) electrons. The van der Waals surface area contributed by atoms with Crippen LogP contribution >= 0.6 is 0 Å². The number of nitrogens with one attached hydrogen (secondary N) is 2. The summed E-state index contributed by atoms with van der Waals surface area (Å²) in [6.07, 6.45) is 3.61. The van der Waals surface area contributed by atoms with Crippen molar-refractivity contribution in [2.75, 3.05) is 38.2 Å². The first-order valence-corrected chi connectivity index (χ1v) is 8.49. The average Bonchev–Trinajstić information content (AvgIpc) is 3.07. The summed E-state index contributed by atoms with van der Waals surface area (Å²) in [4.78, 5) is 18.6. The van der Waals surface area contributed by atoms with E-state index < -0.39 is 0 Å². The van der Waals surface area contributed by atoms with Gasteiger partial charge in [-0.05, 0) is 18.6 Å². The second kappa shape index (κ2) is 8.59. The molecule has 0 aliphatic carbocycles. The van der Waals surface area contributed by atoms with Gasteiger partial charge in [0.2, 0.25) is 0 Å². The van der Waals surface area contributed by atoms with E-state index in [0.29, 0.717) is 12.4 Å². The third-order valence-electron chi connectivity index (χ3n) is 4.19. The Morgan fingerprint density at radius 3 is 2.92 bits per heavy atom. The highest BCUT2D eigenvalue weighted by molar-refractivity contribution is 5.88. The normalized spacial score (nSPS) is 15.1. The number of amides is 2. The van der Waals surface area contributed by atoms with Crippen molar-refractivity contribution in [2.45, 2.75) is 20.0 Å². The summed E-state index contributed by atoms with van der Waals surface area (Å²) in [5.41, 5.74) is 1.91. The van der Waals surface area contributed by atoms with Gasteiger partial charge in [-0.15, -0.1) is 0 Å². The van der Waals surface area contributed by atoms with Crippen LogP contribution in [0.4, 0.5) is 10.6 Å². The molecule has 134 valence electrons. The summed E-state index contributed by atoms with van der Waals surface area (Å²) in [5.74, 6) is 0.544. The van der Waals surface area contributed by atoms with Gasteiger partial charge in [0.25, 0.3) is 0 Å². The van der Waals surface area contributed by atoms with E-state index in [1.807, 2.05) is 29.9 Å². The smallest absolute Gasteiger partial charge is 0.320 e. The summed E-state index contributed by atoms with van der Waals surface area (Å²) < 4.78 is 7.18. The zero-order valence-electron chi connectivity index (χ0n) is 14.4. The first-order valence-electron chi connectivity index (χ1n) is 8.49. The molecule has 1 fully saturated rings. The Balaban J connectivity index is 1.42. The lowest BCUT2D eigenvalue weighted by Crippen LogP contribution is -2.38. The highest BCUT2D eigenvalue weighted by atomic mass is 16.5. The molecule has 8 heteroatoms. The Kier molecular flexibility index (Phi) is 5.97. The molecular formula is C17H24N6O2. The van der Waals surface area contributed by atoms with E-state index in [4.69, 9.17) is 4.74 Å². The van der Waals surface area contributed by atoms with Crippen molar-refractivity contribution in [3.63, 3.8) is 0 Å². The second-order valence-corrected chi connectivity index (χ2v) is 5.97. The van der Waals surface area contributed by atoms with Crippen LogP contribution in [0.3, 0.4) is 0 Å². The van der Waals surface area contributed by atoms with E-state index in [-0.39, 0.29) is 6.03 Å². The molecule has 3 rings (SSSR count). The maximum absolute atomic E-state index is 12.0. The minimum atomic E-state index is -0.276. The number of aryl methyl sites for hydroxylation is 1. The van der Waals surface area contributed by atoms with Gasteiger partial charge in [-0.2, -0.15) is 5.10 Å². The third-order valence-corrected chi connectivity index (χ3v) is 4.19. The van der Waals surface area contributed by atoms with Gasteiger partial charge < -0.3 is 10.1 Å². The molecule has 2 amide bonds. The molecule has 0 spiro atoms. The Labute approximate surface area is 147 Å². The first kappa shape index (κ1) is 17.4. The summed E-state index contributed by atoms with van der Waals surface area (Å²) in [6, 6.07) is 5.33. The van der Waals surface area contributed by atoms with Crippen molar-refractivity contribution in [1.82, 2.24) is 25.0 Å². The Hall–Kier alpha value is -2.45. The van der Waals surface area contributed by atoms with Crippen molar-refractivity contribution >= 4 is 11.8 Å². The zero-order chi connectivity index (χ0) is 17.5. The lowest BCUT2D eigenvalue weighted by Gasteiger charge is -2.26. The van der Waals surface area contributed by atoms with E-state index in [2.05, 4.69) is 25.6 Å². The van der Waals surface area contributed by atoms with Crippen molar-refractivity contribution < 1.29 is 9.53 Å². The highest BCUT2D eigenvalue weighted by Crippen LogP contribution is 2.05. The molecule has 25 heavy (non-hydrogen) atoms. The number of carbonyl (C=O) groups excluding carboxylic acids is 1. The molecule has 1 aliphatic rings. The van der Waals surface area contributed by atoms with Gasteiger partial charge in [-0.1, -0.05) is 6.07 Å². The number of aromatic nitrogens is 3. The third kappa shape index (κ3) is 5.27. The predicted molar refractivity (Wildman–Crippen MR) is 94.3 cm³/mol. The van der Waals surface area contributed by atoms with Crippen molar-refractivity contribution in [3.05, 3.63) is 41.9 Å². The van der Waals surface area contributed by atoms with Crippen LogP contribution in [-0.4, -0.2) is 58.5 Å². The number of rotatable bonds is 6. The Morgan fingerprint density at radius 1 is 1.28 bits per heavy atom. The van der Waals surface area contributed by atoms with Crippen LogP contribution in [0.15, 0.2) is 30.6 Å².